The van der Waals surface area contributed by atoms with E-state index in [0.717, 1.165) is 41.3 Å². The number of halogens is 1. The highest BCUT2D eigenvalue weighted by molar-refractivity contribution is 5.85. The van der Waals surface area contributed by atoms with Gasteiger partial charge in [0, 0.05) is 48.4 Å². The molecule has 4 aromatic rings. The summed E-state index contributed by atoms with van der Waals surface area (Å²) in [6.07, 6.45) is 4.16. The Morgan fingerprint density at radius 1 is 1.23 bits per heavy atom. The molecule has 6 rings (SSSR count). The summed E-state index contributed by atoms with van der Waals surface area (Å²) < 4.78 is 22.1. The third kappa shape index (κ3) is 3.44. The Kier molecular flexibility index (Phi) is 4.84. The molecule has 0 saturated carbocycles. The van der Waals surface area contributed by atoms with Gasteiger partial charge < -0.3 is 14.4 Å². The van der Waals surface area contributed by atoms with Crippen LogP contribution in [0.1, 0.15) is 35.8 Å². The highest BCUT2D eigenvalue weighted by atomic mass is 19.1. The van der Waals surface area contributed by atoms with Gasteiger partial charge in [-0.3, -0.25) is 19.2 Å². The van der Waals surface area contributed by atoms with Crippen LogP contribution in [0.4, 0.5) is 9.18 Å². The average Bonchev–Trinajstić information content (AvgIpc) is 3.32. The smallest absolute Gasteiger partial charge is 0.408 e. The van der Waals surface area contributed by atoms with E-state index < -0.39 is 11.9 Å². The van der Waals surface area contributed by atoms with E-state index in [1.807, 2.05) is 17.7 Å². The van der Waals surface area contributed by atoms with Gasteiger partial charge in [0.15, 0.2) is 0 Å². The van der Waals surface area contributed by atoms with Crippen LogP contribution in [-0.2, 0) is 20.1 Å². The summed E-state index contributed by atoms with van der Waals surface area (Å²) in [4.78, 5) is 35.0. The van der Waals surface area contributed by atoms with E-state index in [9.17, 15) is 19.1 Å². The van der Waals surface area contributed by atoms with Gasteiger partial charge in [-0.05, 0) is 43.2 Å². The fraction of sp³-hybridized carbons (Fsp3) is 0.280. The van der Waals surface area contributed by atoms with E-state index in [2.05, 4.69) is 4.98 Å². The molecule has 2 bridgehead atoms. The first-order valence-electron chi connectivity index (χ1n) is 11.4. The fourth-order valence-corrected chi connectivity index (χ4v) is 5.39. The number of carboxylic acid groups (broad SMARTS) is 1. The van der Waals surface area contributed by atoms with Gasteiger partial charge in [0.25, 0.3) is 5.56 Å². The maximum atomic E-state index is 13.0. The summed E-state index contributed by atoms with van der Waals surface area (Å²) in [5.41, 5.74) is 3.10. The van der Waals surface area contributed by atoms with Gasteiger partial charge >= 0.3 is 6.09 Å². The number of aromatic nitrogens is 4. The quantitative estimate of drug-likeness (QED) is 0.484. The molecule has 0 spiro atoms. The highest BCUT2D eigenvalue weighted by Gasteiger charge is 2.45. The minimum Gasteiger partial charge on any atom is -0.487 e. The van der Waals surface area contributed by atoms with Crippen molar-refractivity contribution in [3.63, 3.8) is 0 Å². The van der Waals surface area contributed by atoms with Crippen molar-refractivity contribution in [2.24, 2.45) is 7.05 Å². The molecule has 6 heterocycles. The molecule has 4 aromatic heterocycles. The molecule has 0 radical (unpaired) electrons. The second kappa shape index (κ2) is 7.93. The van der Waals surface area contributed by atoms with Crippen LogP contribution in [0, 0.1) is 5.82 Å². The molecule has 1 fully saturated rings. The number of amides is 1. The summed E-state index contributed by atoms with van der Waals surface area (Å²) in [7, 11) is 1.94. The van der Waals surface area contributed by atoms with Crippen LogP contribution in [0.3, 0.4) is 0 Å². The second-order valence-corrected chi connectivity index (χ2v) is 8.93. The molecule has 1 N–H and O–H groups in total. The number of pyridine rings is 3. The number of aryl methyl sites for hydroxylation is 1. The summed E-state index contributed by atoms with van der Waals surface area (Å²) in [5, 5.41) is 10.6. The van der Waals surface area contributed by atoms with E-state index in [1.165, 1.54) is 22.8 Å². The Hall–Kier alpha value is -4.21. The van der Waals surface area contributed by atoms with Crippen LogP contribution in [0.25, 0.3) is 16.9 Å². The summed E-state index contributed by atoms with van der Waals surface area (Å²) in [6, 6.07) is 9.39. The zero-order valence-corrected chi connectivity index (χ0v) is 18.9. The Morgan fingerprint density at radius 3 is 2.83 bits per heavy atom. The summed E-state index contributed by atoms with van der Waals surface area (Å²) >= 11 is 0. The van der Waals surface area contributed by atoms with Crippen LogP contribution >= 0.6 is 0 Å². The molecule has 1 saturated heterocycles. The molecule has 2 aliphatic heterocycles. The molecule has 1 amide bonds. The lowest BCUT2D eigenvalue weighted by Gasteiger charge is -2.33. The number of hydrogen-bond donors (Lipinski definition) is 1. The van der Waals surface area contributed by atoms with Crippen molar-refractivity contribution in [1.29, 1.82) is 0 Å². The van der Waals surface area contributed by atoms with Gasteiger partial charge in [0.05, 0.1) is 17.9 Å². The molecular weight excluding hydrogens is 453 g/mol. The molecule has 2 aliphatic rings. The van der Waals surface area contributed by atoms with Crippen molar-refractivity contribution in [3.8, 4) is 11.6 Å². The van der Waals surface area contributed by atoms with Crippen molar-refractivity contribution in [2.75, 3.05) is 0 Å². The molecule has 0 aromatic carbocycles. The lowest BCUT2D eigenvalue weighted by molar-refractivity contribution is 0.116. The molecule has 9 nitrogen and oxygen atoms in total. The predicted octanol–water partition coefficient (Wildman–Crippen LogP) is 3.58. The number of nitrogens with zero attached hydrogens (tertiary/aromatic N) is 5. The molecule has 2 atom stereocenters. The average molecular weight is 475 g/mol. The van der Waals surface area contributed by atoms with Gasteiger partial charge in [0.1, 0.15) is 29.6 Å². The van der Waals surface area contributed by atoms with Gasteiger partial charge in [-0.2, -0.15) is 0 Å². The van der Waals surface area contributed by atoms with Gasteiger partial charge in [-0.15, -0.1) is 0 Å². The van der Waals surface area contributed by atoms with E-state index in [-0.39, 0.29) is 24.2 Å². The third-order valence-electron chi connectivity index (χ3n) is 6.98. The summed E-state index contributed by atoms with van der Waals surface area (Å²) in [5.74, 6) is 0.414. The van der Waals surface area contributed by atoms with E-state index >= 15 is 0 Å². The molecule has 0 aliphatic carbocycles. The normalized spacial score (nSPS) is 18.6. The zero-order valence-electron chi connectivity index (χ0n) is 18.9. The van der Waals surface area contributed by atoms with Crippen LogP contribution < -0.4 is 10.3 Å². The van der Waals surface area contributed by atoms with E-state index in [4.69, 9.17) is 9.72 Å². The van der Waals surface area contributed by atoms with Crippen molar-refractivity contribution < 1.29 is 19.0 Å². The van der Waals surface area contributed by atoms with Crippen LogP contribution in [0.2, 0.25) is 0 Å². The zero-order chi connectivity index (χ0) is 24.3. The van der Waals surface area contributed by atoms with Crippen LogP contribution in [0.5, 0.6) is 5.75 Å². The lowest BCUT2D eigenvalue weighted by Crippen LogP contribution is -2.41. The maximum Gasteiger partial charge on any atom is 0.408 e. The van der Waals surface area contributed by atoms with Gasteiger partial charge in [-0.25, -0.2) is 14.2 Å². The molecule has 2 unspecified atom stereocenters. The first-order chi connectivity index (χ1) is 16.9. The van der Waals surface area contributed by atoms with Crippen molar-refractivity contribution in [2.45, 2.75) is 38.0 Å². The van der Waals surface area contributed by atoms with Crippen LogP contribution in [0.15, 0.2) is 53.6 Å². The topological polar surface area (TPSA) is 102 Å². The first kappa shape index (κ1) is 21.3. The number of carbonyl (C=O) groups is 1. The molecule has 35 heavy (non-hydrogen) atoms. The Labute approximate surface area is 199 Å². The molecular formula is C25H22FN5O4. The number of fused-ring (bicyclic) bond motifs is 6. The Morgan fingerprint density at radius 2 is 2.09 bits per heavy atom. The number of rotatable bonds is 4. The largest absolute Gasteiger partial charge is 0.487 e. The van der Waals surface area contributed by atoms with Crippen LogP contribution in [-0.4, -0.2) is 41.2 Å². The van der Waals surface area contributed by atoms with E-state index in [1.54, 1.807) is 23.2 Å². The third-order valence-corrected chi connectivity index (χ3v) is 6.98. The fourth-order valence-electron chi connectivity index (χ4n) is 5.39. The minimum atomic E-state index is -0.881. The monoisotopic (exact) mass is 475 g/mol. The SMILES string of the molecule is Cn1c2c(c3ccc(-n4ccc(OCc5ccc(F)cn5)cc4=O)nc31)C1CCC(C2)N1C(=O)O. The Balaban J connectivity index is 1.31. The second-order valence-electron chi connectivity index (χ2n) is 8.93. The molecule has 10 heteroatoms. The number of hydrogen-bond acceptors (Lipinski definition) is 5. The standard InChI is InChI=1S/C25H22FN5O4/c1-29-20-10-16-4-6-19(31(16)25(33)34)23(20)18-5-7-21(28-24(18)29)30-9-8-17(11-22(30)32)35-13-15-3-2-14(26)12-27-15/h2-3,5,7-9,11-12,16,19H,4,6,10,13H2,1H3,(H,33,34). The molecule has 178 valence electrons. The van der Waals surface area contributed by atoms with Crippen molar-refractivity contribution in [1.82, 2.24) is 24.0 Å². The van der Waals surface area contributed by atoms with Crippen molar-refractivity contribution in [3.05, 3.63) is 81.9 Å². The Bertz CT molecular complexity index is 1530. The minimum absolute atomic E-state index is 0.00671. The first-order valence-corrected chi connectivity index (χ1v) is 11.4. The van der Waals surface area contributed by atoms with Crippen molar-refractivity contribution >= 4 is 17.1 Å². The highest BCUT2D eigenvalue weighted by Crippen LogP contribution is 2.47. The predicted molar refractivity (Wildman–Crippen MR) is 124 cm³/mol. The lowest BCUT2D eigenvalue weighted by atomic mass is 9.98. The number of ether oxygens (including phenoxy) is 1. The summed E-state index contributed by atoms with van der Waals surface area (Å²) in [6.45, 7) is 0.109. The van der Waals surface area contributed by atoms with E-state index in [0.29, 0.717) is 23.7 Å². The maximum absolute atomic E-state index is 13.0. The van der Waals surface area contributed by atoms with Gasteiger partial charge in [0.2, 0.25) is 0 Å². The van der Waals surface area contributed by atoms with Gasteiger partial charge in [-0.1, -0.05) is 0 Å².